The summed E-state index contributed by atoms with van der Waals surface area (Å²) in [6.45, 7) is 6.77. The Bertz CT molecular complexity index is 1280. The molecule has 1 amide bonds. The molecule has 0 fully saturated rings. The average molecular weight is 502 g/mol. The second-order valence-corrected chi connectivity index (χ2v) is 11.0. The lowest BCUT2D eigenvalue weighted by Crippen LogP contribution is -2.14. The Hall–Kier alpha value is -3.55. The maximum absolute atomic E-state index is 13.0. The molecular formula is C23H25ClN5O4P. The van der Waals surface area contributed by atoms with Crippen molar-refractivity contribution in [2.24, 2.45) is 0 Å². The molecule has 0 aliphatic carbocycles. The summed E-state index contributed by atoms with van der Waals surface area (Å²) in [7, 11) is 0.342. The van der Waals surface area contributed by atoms with Gasteiger partial charge < -0.3 is 30.0 Å². The minimum atomic E-state index is -2.71. The number of ether oxygens (including phenoxy) is 2. The van der Waals surface area contributed by atoms with Gasteiger partial charge in [-0.15, -0.1) is 0 Å². The summed E-state index contributed by atoms with van der Waals surface area (Å²) < 4.78 is 23.8. The predicted octanol–water partition coefficient (Wildman–Crippen LogP) is 5.01. The second kappa shape index (κ2) is 10.6. The fraction of sp³-hybridized carbons (Fsp3) is 0.174. The number of hydrogen-bond donors (Lipinski definition) is 3. The quantitative estimate of drug-likeness (QED) is 0.277. The molecule has 0 aliphatic rings. The minimum Gasteiger partial charge on any atom is -0.496 e. The third-order valence-electron chi connectivity index (χ3n) is 4.65. The summed E-state index contributed by atoms with van der Waals surface area (Å²) in [5.74, 6) is 1.20. The van der Waals surface area contributed by atoms with Gasteiger partial charge in [-0.3, -0.25) is 4.79 Å². The van der Waals surface area contributed by atoms with Gasteiger partial charge in [-0.2, -0.15) is 4.98 Å². The highest BCUT2D eigenvalue weighted by atomic mass is 35.5. The topological polar surface area (TPSA) is 114 Å². The van der Waals surface area contributed by atoms with Crippen molar-refractivity contribution < 1.29 is 18.8 Å². The molecule has 0 radical (unpaired) electrons. The Morgan fingerprint density at radius 2 is 1.82 bits per heavy atom. The van der Waals surface area contributed by atoms with Crippen LogP contribution in [-0.2, 0) is 9.36 Å². The van der Waals surface area contributed by atoms with Crippen LogP contribution < -0.4 is 30.7 Å². The maximum Gasteiger partial charge on any atom is 0.247 e. The fourth-order valence-electron chi connectivity index (χ4n) is 3.18. The first-order valence-electron chi connectivity index (χ1n) is 10.1. The van der Waals surface area contributed by atoms with Gasteiger partial charge in [-0.1, -0.05) is 24.2 Å². The van der Waals surface area contributed by atoms with Gasteiger partial charge in [-0.05, 0) is 49.7 Å². The molecule has 0 spiro atoms. The number of aromatic nitrogens is 2. The number of benzene rings is 2. The van der Waals surface area contributed by atoms with Crippen LogP contribution in [0.4, 0.5) is 28.8 Å². The zero-order valence-electron chi connectivity index (χ0n) is 19.2. The zero-order chi connectivity index (χ0) is 24.9. The van der Waals surface area contributed by atoms with Crippen LogP contribution in [0.2, 0.25) is 5.02 Å². The van der Waals surface area contributed by atoms with Crippen LogP contribution >= 0.6 is 18.7 Å². The molecule has 0 atom stereocenters. The Labute approximate surface area is 202 Å². The van der Waals surface area contributed by atoms with Gasteiger partial charge in [0.2, 0.25) is 11.9 Å². The third-order valence-corrected chi connectivity index (χ3v) is 6.47. The van der Waals surface area contributed by atoms with E-state index in [1.54, 1.807) is 49.7 Å². The molecule has 0 unspecified atom stereocenters. The second-order valence-electron chi connectivity index (χ2n) is 7.46. The number of nitrogens with one attached hydrogen (secondary N) is 3. The molecule has 34 heavy (non-hydrogen) atoms. The lowest BCUT2D eigenvalue weighted by atomic mass is 10.2. The summed E-state index contributed by atoms with van der Waals surface area (Å²) in [6, 6.07) is 10.4. The van der Waals surface area contributed by atoms with E-state index >= 15 is 0 Å². The van der Waals surface area contributed by atoms with Crippen molar-refractivity contribution in [2.75, 3.05) is 43.5 Å². The molecule has 0 saturated carbocycles. The Morgan fingerprint density at radius 3 is 2.47 bits per heavy atom. The molecule has 11 heteroatoms. The molecule has 0 aliphatic heterocycles. The number of amides is 1. The SMILES string of the molecule is C=CC(=O)Nc1ccc(OC)c(Nc2ncc(Cl)c(Nc3cccc(OC)c3P(C)(C)=O)n2)c1. The van der Waals surface area contributed by atoms with Crippen LogP contribution in [-0.4, -0.2) is 43.4 Å². The fourth-order valence-corrected chi connectivity index (χ4v) is 4.73. The third kappa shape index (κ3) is 5.87. The summed E-state index contributed by atoms with van der Waals surface area (Å²) in [5, 5.41) is 9.72. The van der Waals surface area contributed by atoms with Gasteiger partial charge in [-0.25, -0.2) is 4.98 Å². The first-order chi connectivity index (χ1) is 16.2. The normalized spacial score (nSPS) is 10.9. The van der Waals surface area contributed by atoms with Gasteiger partial charge in [0, 0.05) is 5.69 Å². The number of carbonyl (C=O) groups excluding carboxylic acids is 1. The molecule has 0 bridgehead atoms. The highest BCUT2D eigenvalue weighted by Gasteiger charge is 2.22. The standard InChI is InChI=1S/C23H25ClN5O4P/c1-6-20(30)26-14-10-11-18(32-2)17(12-14)28-23-25-13-15(24)22(29-23)27-16-8-7-9-19(33-3)21(16)34(4,5)31/h6-13H,1H2,2-5H3,(H,26,30)(H2,25,27,28,29). The molecule has 2 aromatic carbocycles. The van der Waals surface area contributed by atoms with Gasteiger partial charge in [0.1, 0.15) is 23.7 Å². The van der Waals surface area contributed by atoms with Crippen LogP contribution in [0.15, 0.2) is 55.3 Å². The number of hydrogen-bond acceptors (Lipinski definition) is 8. The largest absolute Gasteiger partial charge is 0.496 e. The van der Waals surface area contributed by atoms with E-state index in [0.29, 0.717) is 39.7 Å². The Kier molecular flexibility index (Phi) is 7.81. The monoisotopic (exact) mass is 501 g/mol. The Balaban J connectivity index is 1.96. The van der Waals surface area contributed by atoms with Crippen molar-refractivity contribution in [3.05, 3.63) is 60.3 Å². The van der Waals surface area contributed by atoms with E-state index in [0.717, 1.165) is 0 Å². The minimum absolute atomic E-state index is 0.220. The smallest absolute Gasteiger partial charge is 0.247 e. The van der Waals surface area contributed by atoms with Crippen molar-refractivity contribution in [1.82, 2.24) is 9.97 Å². The van der Waals surface area contributed by atoms with Crippen molar-refractivity contribution in [3.8, 4) is 11.5 Å². The van der Waals surface area contributed by atoms with Crippen molar-refractivity contribution in [1.29, 1.82) is 0 Å². The van der Waals surface area contributed by atoms with Crippen molar-refractivity contribution in [3.63, 3.8) is 0 Å². The molecule has 3 N–H and O–H groups in total. The first kappa shape index (κ1) is 25.1. The van der Waals surface area contributed by atoms with E-state index < -0.39 is 7.14 Å². The predicted molar refractivity (Wildman–Crippen MR) is 138 cm³/mol. The molecule has 3 aromatic rings. The number of anilines is 5. The molecule has 3 rings (SSSR count). The lowest BCUT2D eigenvalue weighted by molar-refractivity contribution is -0.111. The molecular weight excluding hydrogens is 477 g/mol. The van der Waals surface area contributed by atoms with Gasteiger partial charge in [0.05, 0.1) is 37.1 Å². The van der Waals surface area contributed by atoms with Gasteiger partial charge >= 0.3 is 0 Å². The summed E-state index contributed by atoms with van der Waals surface area (Å²) in [5.41, 5.74) is 1.61. The maximum atomic E-state index is 13.0. The molecule has 1 heterocycles. The summed E-state index contributed by atoms with van der Waals surface area (Å²) >= 11 is 6.35. The van der Waals surface area contributed by atoms with E-state index in [-0.39, 0.29) is 16.9 Å². The van der Waals surface area contributed by atoms with Gasteiger partial charge in [0.15, 0.2) is 5.82 Å². The van der Waals surface area contributed by atoms with Crippen LogP contribution in [0.25, 0.3) is 0 Å². The highest BCUT2D eigenvalue weighted by molar-refractivity contribution is 7.70. The summed E-state index contributed by atoms with van der Waals surface area (Å²) in [6.07, 6.45) is 2.61. The zero-order valence-corrected chi connectivity index (χ0v) is 20.8. The van der Waals surface area contributed by atoms with E-state index in [4.69, 9.17) is 21.1 Å². The first-order valence-corrected chi connectivity index (χ1v) is 13.0. The Morgan fingerprint density at radius 1 is 1.09 bits per heavy atom. The number of carbonyl (C=O) groups is 1. The summed E-state index contributed by atoms with van der Waals surface area (Å²) in [4.78, 5) is 20.3. The van der Waals surface area contributed by atoms with Crippen LogP contribution in [0.5, 0.6) is 11.5 Å². The van der Waals surface area contributed by atoms with Gasteiger partial charge in [0.25, 0.3) is 0 Å². The van der Waals surface area contributed by atoms with E-state index in [1.807, 2.05) is 0 Å². The molecule has 1 aromatic heterocycles. The van der Waals surface area contributed by atoms with Crippen molar-refractivity contribution >= 4 is 58.8 Å². The number of methoxy groups -OCH3 is 2. The highest BCUT2D eigenvalue weighted by Crippen LogP contribution is 2.42. The lowest BCUT2D eigenvalue weighted by Gasteiger charge is -2.19. The van der Waals surface area contributed by atoms with Crippen LogP contribution in [0.3, 0.4) is 0 Å². The molecule has 0 saturated heterocycles. The molecule has 9 nitrogen and oxygen atoms in total. The van der Waals surface area contributed by atoms with E-state index in [9.17, 15) is 9.36 Å². The number of rotatable bonds is 9. The number of halogens is 1. The average Bonchev–Trinajstić information content (AvgIpc) is 2.80. The van der Waals surface area contributed by atoms with E-state index in [1.165, 1.54) is 26.5 Å². The molecule has 178 valence electrons. The van der Waals surface area contributed by atoms with E-state index in [2.05, 4.69) is 32.5 Å². The van der Waals surface area contributed by atoms with Crippen LogP contribution in [0.1, 0.15) is 0 Å². The number of nitrogens with zero attached hydrogens (tertiary/aromatic N) is 2. The van der Waals surface area contributed by atoms with Crippen LogP contribution in [0, 0.1) is 0 Å². The van der Waals surface area contributed by atoms with Crippen molar-refractivity contribution in [2.45, 2.75) is 0 Å².